The highest BCUT2D eigenvalue weighted by Gasteiger charge is 2.46. The summed E-state index contributed by atoms with van der Waals surface area (Å²) < 4.78 is 34.5. The summed E-state index contributed by atoms with van der Waals surface area (Å²) in [6.45, 7) is 3.05. The lowest BCUT2D eigenvalue weighted by atomic mass is 9.84. The molecule has 0 unspecified atom stereocenters. The second kappa shape index (κ2) is 5.31. The predicted molar refractivity (Wildman–Crippen MR) is 104 cm³/mol. The lowest BCUT2D eigenvalue weighted by molar-refractivity contribution is -0.752. The maximum Gasteiger partial charge on any atom is 0.299 e. The van der Waals surface area contributed by atoms with Crippen molar-refractivity contribution >= 4 is 0 Å². The van der Waals surface area contributed by atoms with Gasteiger partial charge in [-0.3, -0.25) is 0 Å². The van der Waals surface area contributed by atoms with Gasteiger partial charge in [0, 0.05) is 22.8 Å². The van der Waals surface area contributed by atoms with Crippen LogP contribution in [0.5, 0.6) is 0 Å². The summed E-state index contributed by atoms with van der Waals surface area (Å²) in [6.07, 6.45) is 8.32. The Labute approximate surface area is 163 Å². The fourth-order valence-electron chi connectivity index (χ4n) is 5.62. The van der Waals surface area contributed by atoms with Gasteiger partial charge in [-0.2, -0.15) is 8.78 Å². The van der Waals surface area contributed by atoms with Crippen LogP contribution in [0.4, 0.5) is 8.78 Å². The molecule has 6 rings (SSSR count). The van der Waals surface area contributed by atoms with Gasteiger partial charge in [-0.05, 0) is 47.9 Å². The zero-order valence-electron chi connectivity index (χ0n) is 16.0. The Morgan fingerprint density at radius 3 is 2.61 bits per heavy atom. The Hall–Kier alpha value is -2.49. The second-order valence-electron chi connectivity index (χ2n) is 9.06. The molecule has 28 heavy (non-hydrogen) atoms. The molecule has 0 radical (unpaired) electrons. The lowest BCUT2D eigenvalue weighted by Gasteiger charge is -2.22. The molecule has 1 aliphatic heterocycles. The number of aromatic nitrogens is 2. The molecule has 1 saturated carbocycles. The van der Waals surface area contributed by atoms with E-state index in [0.717, 1.165) is 17.7 Å². The maximum absolute atomic E-state index is 15.0. The summed E-state index contributed by atoms with van der Waals surface area (Å²) >= 11 is 0. The van der Waals surface area contributed by atoms with E-state index in [4.69, 9.17) is 0 Å². The van der Waals surface area contributed by atoms with Gasteiger partial charge in [-0.1, -0.05) is 44.0 Å². The van der Waals surface area contributed by atoms with Crippen molar-refractivity contribution < 1.29 is 13.5 Å². The monoisotopic (exact) mass is 377 g/mol. The number of fused-ring (bicyclic) bond motifs is 6. The molecule has 4 heteroatoms. The van der Waals surface area contributed by atoms with Crippen molar-refractivity contribution in [2.75, 3.05) is 0 Å². The van der Waals surface area contributed by atoms with Crippen LogP contribution in [-0.2, 0) is 18.9 Å². The molecule has 0 amide bonds. The highest BCUT2D eigenvalue weighted by Crippen LogP contribution is 2.52. The predicted octanol–water partition coefficient (Wildman–Crippen LogP) is 5.37. The number of rotatable bonds is 2. The van der Waals surface area contributed by atoms with E-state index >= 15 is 8.78 Å². The Morgan fingerprint density at radius 2 is 1.79 bits per heavy atom. The number of halogens is 2. The topological polar surface area (TPSA) is 8.81 Å². The van der Waals surface area contributed by atoms with Crippen LogP contribution in [0.15, 0.2) is 48.7 Å². The van der Waals surface area contributed by atoms with Gasteiger partial charge in [-0.25, -0.2) is 0 Å². The minimum Gasteiger partial charge on any atom is -0.196 e. The van der Waals surface area contributed by atoms with Crippen molar-refractivity contribution in [2.24, 2.45) is 5.41 Å². The largest absolute Gasteiger partial charge is 0.299 e. The molecule has 2 nitrogen and oxygen atoms in total. The molecular formula is C24H23F2N2+. The van der Waals surface area contributed by atoms with Crippen LogP contribution >= 0.6 is 0 Å². The van der Waals surface area contributed by atoms with Crippen LogP contribution in [0.2, 0.25) is 0 Å². The van der Waals surface area contributed by atoms with E-state index in [-0.39, 0.29) is 11.1 Å². The lowest BCUT2D eigenvalue weighted by Crippen LogP contribution is -2.37. The molecule has 2 heterocycles. The average molecular weight is 377 g/mol. The van der Waals surface area contributed by atoms with Gasteiger partial charge in [0.05, 0.1) is 5.69 Å². The van der Waals surface area contributed by atoms with E-state index in [1.54, 1.807) is 18.2 Å². The summed E-state index contributed by atoms with van der Waals surface area (Å²) in [6, 6.07) is 12.9. The minimum atomic E-state index is -2.91. The highest BCUT2D eigenvalue weighted by atomic mass is 19.3. The first-order chi connectivity index (χ1) is 13.5. The van der Waals surface area contributed by atoms with Crippen molar-refractivity contribution in [3.05, 3.63) is 71.0 Å². The molecule has 0 atom stereocenters. The van der Waals surface area contributed by atoms with Crippen LogP contribution in [0.25, 0.3) is 16.8 Å². The normalized spacial score (nSPS) is 20.0. The van der Waals surface area contributed by atoms with Crippen molar-refractivity contribution in [1.82, 2.24) is 4.68 Å². The average Bonchev–Trinajstić information content (AvgIpc) is 3.40. The fourth-order valence-corrected chi connectivity index (χ4v) is 5.62. The number of hydrogen-bond donors (Lipinski definition) is 0. The first-order valence-electron chi connectivity index (χ1n) is 10.2. The van der Waals surface area contributed by atoms with E-state index in [9.17, 15) is 0 Å². The van der Waals surface area contributed by atoms with Crippen LogP contribution in [0.3, 0.4) is 0 Å². The zero-order chi connectivity index (χ0) is 19.1. The molecule has 3 aromatic rings. The summed E-state index contributed by atoms with van der Waals surface area (Å²) in [5.41, 5.74) is 5.34. The summed E-state index contributed by atoms with van der Waals surface area (Å²) in [5, 5.41) is 0. The Balaban J connectivity index is 1.50. The molecule has 0 N–H and O–H groups in total. The number of nitrogens with zero attached hydrogens (tertiary/aromatic N) is 2. The molecule has 142 valence electrons. The fraction of sp³-hybridized carbons (Fsp3) is 0.375. The molecule has 0 spiro atoms. The van der Waals surface area contributed by atoms with Gasteiger partial charge in [-0.15, -0.1) is 9.36 Å². The van der Waals surface area contributed by atoms with Gasteiger partial charge < -0.3 is 0 Å². The number of benzene rings is 2. The molecular weight excluding hydrogens is 354 g/mol. The van der Waals surface area contributed by atoms with Crippen molar-refractivity contribution in [1.29, 1.82) is 0 Å². The summed E-state index contributed by atoms with van der Waals surface area (Å²) in [7, 11) is 0. The number of hydrogen-bond acceptors (Lipinski definition) is 0. The Morgan fingerprint density at radius 1 is 1.00 bits per heavy atom. The molecule has 1 fully saturated rings. The third kappa shape index (κ3) is 2.09. The third-order valence-corrected chi connectivity index (χ3v) is 7.06. The second-order valence-corrected chi connectivity index (χ2v) is 9.06. The first-order valence-corrected chi connectivity index (χ1v) is 10.2. The van der Waals surface area contributed by atoms with Crippen molar-refractivity contribution in [3.63, 3.8) is 0 Å². The SMILES string of the molecule is CC1(Cc2cc[n+]3n2-c2cc4c(cc2C3)C(F)(F)c2ccccc2-4)CCCC1. The smallest absolute Gasteiger partial charge is 0.196 e. The number of alkyl halides is 2. The van der Waals surface area contributed by atoms with Crippen molar-refractivity contribution in [3.8, 4) is 16.8 Å². The van der Waals surface area contributed by atoms with Gasteiger partial charge in [0.1, 0.15) is 5.69 Å². The zero-order valence-corrected chi connectivity index (χ0v) is 16.0. The maximum atomic E-state index is 15.0. The van der Waals surface area contributed by atoms with Gasteiger partial charge in [0.15, 0.2) is 12.7 Å². The third-order valence-electron chi connectivity index (χ3n) is 7.06. The molecule has 3 aliphatic rings. The first kappa shape index (κ1) is 16.5. The van der Waals surface area contributed by atoms with Crippen LogP contribution in [-0.4, -0.2) is 4.68 Å². The Kier molecular flexibility index (Phi) is 3.12. The van der Waals surface area contributed by atoms with Gasteiger partial charge >= 0.3 is 0 Å². The van der Waals surface area contributed by atoms with E-state index in [2.05, 4.69) is 28.6 Å². The van der Waals surface area contributed by atoms with E-state index < -0.39 is 5.92 Å². The Bertz CT molecular complexity index is 1120. The highest BCUT2D eigenvalue weighted by molar-refractivity contribution is 5.81. The summed E-state index contributed by atoms with van der Waals surface area (Å²) in [4.78, 5) is 0. The molecule has 2 aliphatic carbocycles. The van der Waals surface area contributed by atoms with Gasteiger partial charge in [0.2, 0.25) is 0 Å². The van der Waals surface area contributed by atoms with Crippen LogP contribution in [0, 0.1) is 5.41 Å². The molecule has 0 bridgehead atoms. The quantitative estimate of drug-likeness (QED) is 0.415. The van der Waals surface area contributed by atoms with Crippen molar-refractivity contribution in [2.45, 2.75) is 51.5 Å². The molecule has 2 aromatic carbocycles. The molecule has 1 aromatic heterocycles. The van der Waals surface area contributed by atoms with Crippen LogP contribution in [0.1, 0.15) is 55.0 Å². The van der Waals surface area contributed by atoms with Gasteiger partial charge in [0.25, 0.3) is 5.92 Å². The summed E-state index contributed by atoms with van der Waals surface area (Å²) in [5.74, 6) is -2.91. The molecule has 0 saturated heterocycles. The standard InChI is InChI=1S/C24H23F2N2/c1-23(9-4-5-10-23)14-17-8-11-27-15-16-12-21-19(13-22(16)28(17)27)18-6-2-3-7-20(18)24(21,25)26/h2-3,6-8,11-13H,4-5,9-10,14-15H2,1H3/q+1. The van der Waals surface area contributed by atoms with Crippen LogP contribution < -0.4 is 4.68 Å². The van der Waals surface area contributed by atoms with E-state index in [1.165, 1.54) is 31.4 Å². The van der Waals surface area contributed by atoms with E-state index in [1.807, 2.05) is 18.2 Å². The minimum absolute atomic E-state index is 0.132. The van der Waals surface area contributed by atoms with E-state index in [0.29, 0.717) is 23.1 Å².